The van der Waals surface area contributed by atoms with E-state index in [-0.39, 0.29) is 0 Å². The number of allylic oxidation sites excluding steroid dienone is 2. The first-order valence-electron chi connectivity index (χ1n) is 7.71. The van der Waals surface area contributed by atoms with Gasteiger partial charge in [0.15, 0.2) is 5.78 Å². The number of Topliss-reactive ketones (excluding diaryl/α,β-unsaturated/α-hetero) is 1. The predicted molar refractivity (Wildman–Crippen MR) is 76.5 cm³/mol. The molecule has 2 rings (SSSR count). The standard InChI is InChI=1S/C17H28O/c1-17(2,3)15-11-9-14(10-12-15)16(18)13-7-5-4-6-8-13/h7,14-15H,4-6,8-12H2,1-3H3. The Balaban J connectivity index is 1.89. The summed E-state index contributed by atoms with van der Waals surface area (Å²) in [6.45, 7) is 7.01. The van der Waals surface area contributed by atoms with Gasteiger partial charge >= 0.3 is 0 Å². The van der Waals surface area contributed by atoms with Crippen LogP contribution in [0.4, 0.5) is 0 Å². The molecule has 0 aromatic rings. The van der Waals surface area contributed by atoms with Crippen molar-refractivity contribution >= 4 is 5.78 Å². The van der Waals surface area contributed by atoms with Crippen molar-refractivity contribution in [3.63, 3.8) is 0 Å². The molecule has 0 N–H and O–H groups in total. The van der Waals surface area contributed by atoms with Gasteiger partial charge in [-0.1, -0.05) is 26.8 Å². The third-order valence-electron chi connectivity index (χ3n) is 4.93. The highest BCUT2D eigenvalue weighted by atomic mass is 16.1. The molecule has 1 nitrogen and oxygen atoms in total. The van der Waals surface area contributed by atoms with Crippen molar-refractivity contribution in [1.82, 2.24) is 0 Å². The zero-order valence-electron chi connectivity index (χ0n) is 12.3. The van der Waals surface area contributed by atoms with Crippen LogP contribution in [-0.4, -0.2) is 5.78 Å². The number of carbonyl (C=O) groups is 1. The van der Waals surface area contributed by atoms with Gasteiger partial charge < -0.3 is 0 Å². The highest BCUT2D eigenvalue weighted by molar-refractivity contribution is 5.97. The Morgan fingerprint density at radius 3 is 2.28 bits per heavy atom. The molecule has 0 atom stereocenters. The van der Waals surface area contributed by atoms with Gasteiger partial charge in [-0.15, -0.1) is 0 Å². The molecule has 102 valence electrons. The van der Waals surface area contributed by atoms with E-state index in [1.165, 1.54) is 25.7 Å². The molecule has 0 unspecified atom stereocenters. The van der Waals surface area contributed by atoms with Crippen LogP contribution in [0.3, 0.4) is 0 Å². The van der Waals surface area contributed by atoms with Gasteiger partial charge in [-0.05, 0) is 68.3 Å². The Labute approximate surface area is 112 Å². The normalized spacial score (nSPS) is 29.8. The van der Waals surface area contributed by atoms with Crippen LogP contribution in [-0.2, 0) is 4.79 Å². The lowest BCUT2D eigenvalue weighted by Crippen LogP contribution is -2.29. The monoisotopic (exact) mass is 248 g/mol. The average Bonchev–Trinajstić information content (AvgIpc) is 2.38. The van der Waals surface area contributed by atoms with Crippen molar-refractivity contribution in [3.05, 3.63) is 11.6 Å². The molecule has 1 heteroatoms. The van der Waals surface area contributed by atoms with E-state index >= 15 is 0 Å². The largest absolute Gasteiger partial charge is 0.294 e. The summed E-state index contributed by atoms with van der Waals surface area (Å²) in [5.41, 5.74) is 1.57. The summed E-state index contributed by atoms with van der Waals surface area (Å²) < 4.78 is 0. The van der Waals surface area contributed by atoms with E-state index in [1.807, 2.05) is 0 Å². The molecular weight excluding hydrogens is 220 g/mol. The smallest absolute Gasteiger partial charge is 0.161 e. The first-order chi connectivity index (χ1) is 8.48. The molecule has 18 heavy (non-hydrogen) atoms. The Hall–Kier alpha value is -0.590. The summed E-state index contributed by atoms with van der Waals surface area (Å²) in [4.78, 5) is 12.4. The second kappa shape index (κ2) is 5.59. The number of ketones is 1. The minimum atomic E-state index is 0.341. The molecule has 0 spiro atoms. The van der Waals surface area contributed by atoms with Gasteiger partial charge in [-0.2, -0.15) is 0 Å². The van der Waals surface area contributed by atoms with E-state index in [1.54, 1.807) is 0 Å². The number of carbonyl (C=O) groups excluding carboxylic acids is 1. The fourth-order valence-corrected chi connectivity index (χ4v) is 3.55. The quantitative estimate of drug-likeness (QED) is 0.678. The molecular formula is C17H28O. The average molecular weight is 248 g/mol. The highest BCUT2D eigenvalue weighted by Gasteiger charge is 2.33. The van der Waals surface area contributed by atoms with E-state index in [9.17, 15) is 4.79 Å². The SMILES string of the molecule is CC(C)(C)C1CCC(C(=O)C2=CCCCC2)CC1. The zero-order valence-corrected chi connectivity index (χ0v) is 12.3. The number of rotatable bonds is 2. The van der Waals surface area contributed by atoms with E-state index in [4.69, 9.17) is 0 Å². The molecule has 0 saturated heterocycles. The highest BCUT2D eigenvalue weighted by Crippen LogP contribution is 2.41. The Morgan fingerprint density at radius 1 is 1.11 bits per heavy atom. The fourth-order valence-electron chi connectivity index (χ4n) is 3.55. The Morgan fingerprint density at radius 2 is 1.78 bits per heavy atom. The third-order valence-corrected chi connectivity index (χ3v) is 4.93. The maximum Gasteiger partial charge on any atom is 0.161 e. The van der Waals surface area contributed by atoms with E-state index in [0.717, 1.165) is 37.2 Å². The lowest BCUT2D eigenvalue weighted by atomic mass is 9.68. The lowest BCUT2D eigenvalue weighted by molar-refractivity contribution is -0.120. The lowest BCUT2D eigenvalue weighted by Gasteiger charge is -2.36. The second-order valence-corrected chi connectivity index (χ2v) is 7.25. The van der Waals surface area contributed by atoms with E-state index in [0.29, 0.717) is 17.1 Å². The van der Waals surface area contributed by atoms with Crippen LogP contribution in [0.25, 0.3) is 0 Å². The molecule has 2 aliphatic rings. The molecule has 1 fully saturated rings. The molecule has 0 aromatic heterocycles. The zero-order chi connectivity index (χ0) is 13.2. The van der Waals surface area contributed by atoms with Crippen LogP contribution in [0.2, 0.25) is 0 Å². The van der Waals surface area contributed by atoms with Crippen LogP contribution < -0.4 is 0 Å². The maximum atomic E-state index is 12.4. The van der Waals surface area contributed by atoms with Crippen LogP contribution in [0.15, 0.2) is 11.6 Å². The summed E-state index contributed by atoms with van der Waals surface area (Å²) in [5, 5.41) is 0. The number of hydrogen-bond donors (Lipinski definition) is 0. The van der Waals surface area contributed by atoms with Crippen LogP contribution in [0.5, 0.6) is 0 Å². The van der Waals surface area contributed by atoms with Gasteiger partial charge in [0.2, 0.25) is 0 Å². The summed E-state index contributed by atoms with van der Waals surface area (Å²) in [6, 6.07) is 0. The molecule has 0 aliphatic heterocycles. The van der Waals surface area contributed by atoms with Crippen LogP contribution >= 0.6 is 0 Å². The summed E-state index contributed by atoms with van der Waals surface area (Å²) in [6.07, 6.45) is 11.6. The molecule has 2 aliphatic carbocycles. The van der Waals surface area contributed by atoms with Crippen LogP contribution in [0, 0.1) is 17.3 Å². The maximum absolute atomic E-state index is 12.4. The topological polar surface area (TPSA) is 17.1 Å². The molecule has 0 heterocycles. The third kappa shape index (κ3) is 3.24. The van der Waals surface area contributed by atoms with Crippen LogP contribution in [0.1, 0.15) is 72.1 Å². The van der Waals surface area contributed by atoms with Gasteiger partial charge in [-0.3, -0.25) is 4.79 Å². The predicted octanol–water partition coefficient (Wildman–Crippen LogP) is 4.91. The number of hydrogen-bond acceptors (Lipinski definition) is 1. The molecule has 0 bridgehead atoms. The van der Waals surface area contributed by atoms with E-state index < -0.39 is 0 Å². The van der Waals surface area contributed by atoms with Gasteiger partial charge in [-0.25, -0.2) is 0 Å². The van der Waals surface area contributed by atoms with Crippen molar-refractivity contribution < 1.29 is 4.79 Å². The first-order valence-corrected chi connectivity index (χ1v) is 7.71. The Kier molecular flexibility index (Phi) is 4.29. The fraction of sp³-hybridized carbons (Fsp3) is 0.824. The molecule has 1 saturated carbocycles. The van der Waals surface area contributed by atoms with Crippen molar-refractivity contribution in [2.24, 2.45) is 17.3 Å². The van der Waals surface area contributed by atoms with Gasteiger partial charge in [0.05, 0.1) is 0 Å². The first kappa shape index (κ1) is 13.8. The van der Waals surface area contributed by atoms with Gasteiger partial charge in [0.25, 0.3) is 0 Å². The molecule has 0 aromatic carbocycles. The molecule has 0 radical (unpaired) electrons. The minimum absolute atomic E-state index is 0.341. The van der Waals surface area contributed by atoms with Gasteiger partial charge in [0, 0.05) is 5.92 Å². The van der Waals surface area contributed by atoms with Gasteiger partial charge in [0.1, 0.15) is 0 Å². The second-order valence-electron chi connectivity index (χ2n) is 7.25. The van der Waals surface area contributed by atoms with Crippen molar-refractivity contribution in [2.45, 2.75) is 72.1 Å². The molecule has 0 amide bonds. The van der Waals surface area contributed by atoms with Crippen molar-refractivity contribution in [1.29, 1.82) is 0 Å². The van der Waals surface area contributed by atoms with Crippen molar-refractivity contribution in [2.75, 3.05) is 0 Å². The summed E-state index contributed by atoms with van der Waals surface area (Å²) in [5.74, 6) is 1.64. The van der Waals surface area contributed by atoms with E-state index in [2.05, 4.69) is 26.8 Å². The minimum Gasteiger partial charge on any atom is -0.294 e. The van der Waals surface area contributed by atoms with Crippen molar-refractivity contribution in [3.8, 4) is 0 Å². The summed E-state index contributed by atoms with van der Waals surface area (Å²) in [7, 11) is 0. The Bertz CT molecular complexity index is 324. The summed E-state index contributed by atoms with van der Waals surface area (Å²) >= 11 is 0.